The molecule has 0 aliphatic heterocycles. The van der Waals surface area contributed by atoms with Crippen molar-refractivity contribution in [1.82, 2.24) is 4.98 Å². The molecule has 21 heavy (non-hydrogen) atoms. The zero-order chi connectivity index (χ0) is 15.4. The van der Waals surface area contributed by atoms with E-state index < -0.39 is 5.97 Å². The third-order valence-corrected chi connectivity index (χ3v) is 3.27. The van der Waals surface area contributed by atoms with Gasteiger partial charge in [0, 0.05) is 6.20 Å². The molecule has 0 radical (unpaired) electrons. The number of aryl methyl sites for hydroxylation is 1. The largest absolute Gasteiger partial charge is 0.462 e. The molecule has 0 bridgehead atoms. The highest BCUT2D eigenvalue weighted by atomic mass is 35.5. The van der Waals surface area contributed by atoms with Gasteiger partial charge in [0.05, 0.1) is 28.6 Å². The Bertz CT molecular complexity index is 654. The van der Waals surface area contributed by atoms with Gasteiger partial charge in [-0.1, -0.05) is 23.7 Å². The third-order valence-electron chi connectivity index (χ3n) is 2.95. The molecule has 5 nitrogen and oxygen atoms in total. The number of aromatic nitrogens is 1. The molecule has 1 heterocycles. The zero-order valence-electron chi connectivity index (χ0n) is 11.8. The summed E-state index contributed by atoms with van der Waals surface area (Å²) in [5, 5.41) is 3.62. The van der Waals surface area contributed by atoms with Gasteiger partial charge in [-0.05, 0) is 31.5 Å². The Morgan fingerprint density at radius 3 is 2.86 bits per heavy atom. The van der Waals surface area contributed by atoms with Gasteiger partial charge in [0.15, 0.2) is 5.82 Å². The number of esters is 1. The molecular formula is C15H16ClN3O2. The number of nitrogens with two attached hydrogens (primary N) is 1. The van der Waals surface area contributed by atoms with E-state index in [1.165, 1.54) is 12.3 Å². The molecule has 3 N–H and O–H groups in total. The molecule has 1 aromatic carbocycles. The molecular weight excluding hydrogens is 290 g/mol. The van der Waals surface area contributed by atoms with E-state index in [1.54, 1.807) is 13.0 Å². The van der Waals surface area contributed by atoms with Crippen molar-refractivity contribution in [1.29, 1.82) is 0 Å². The van der Waals surface area contributed by atoms with Crippen molar-refractivity contribution in [3.8, 4) is 0 Å². The van der Waals surface area contributed by atoms with Gasteiger partial charge in [-0.3, -0.25) is 0 Å². The average Bonchev–Trinajstić information content (AvgIpc) is 2.45. The molecule has 2 rings (SSSR count). The van der Waals surface area contributed by atoms with E-state index >= 15 is 0 Å². The normalized spacial score (nSPS) is 10.2. The van der Waals surface area contributed by atoms with Crippen LogP contribution in [0.2, 0.25) is 5.02 Å². The summed E-state index contributed by atoms with van der Waals surface area (Å²) in [6.45, 7) is 3.94. The summed E-state index contributed by atoms with van der Waals surface area (Å²) in [7, 11) is 0. The van der Waals surface area contributed by atoms with Gasteiger partial charge in [0.1, 0.15) is 0 Å². The number of para-hydroxylation sites is 1. The van der Waals surface area contributed by atoms with Gasteiger partial charge in [-0.15, -0.1) is 0 Å². The first kappa shape index (κ1) is 15.1. The number of carbonyl (C=O) groups is 1. The first-order valence-electron chi connectivity index (χ1n) is 6.48. The van der Waals surface area contributed by atoms with Crippen LogP contribution in [0.5, 0.6) is 0 Å². The Morgan fingerprint density at radius 2 is 2.19 bits per heavy atom. The predicted octanol–water partition coefficient (Wildman–Crippen LogP) is 3.55. The van der Waals surface area contributed by atoms with E-state index in [4.69, 9.17) is 22.1 Å². The standard InChI is InChI=1S/C15H16ClN3O2/c1-3-21-15(20)10-7-8-18-14(12(10)17)19-13-9(2)5-4-6-11(13)16/h4-8H,3,17H2,1-2H3,(H,18,19). The van der Waals surface area contributed by atoms with Crippen LogP contribution in [-0.2, 0) is 4.74 Å². The lowest BCUT2D eigenvalue weighted by Crippen LogP contribution is -2.10. The number of nitrogens with zero attached hydrogens (tertiary/aromatic N) is 1. The van der Waals surface area contributed by atoms with E-state index in [9.17, 15) is 4.79 Å². The summed E-state index contributed by atoms with van der Waals surface area (Å²) in [6.07, 6.45) is 1.50. The van der Waals surface area contributed by atoms with Gasteiger partial charge >= 0.3 is 5.97 Å². The number of anilines is 3. The van der Waals surface area contributed by atoms with Crippen LogP contribution in [0.1, 0.15) is 22.8 Å². The monoisotopic (exact) mass is 305 g/mol. The Morgan fingerprint density at radius 1 is 1.43 bits per heavy atom. The fourth-order valence-corrected chi connectivity index (χ4v) is 2.14. The number of carbonyl (C=O) groups excluding carboxylic acids is 1. The second kappa shape index (κ2) is 6.45. The number of halogens is 1. The summed E-state index contributed by atoms with van der Waals surface area (Å²) in [5.41, 5.74) is 8.16. The van der Waals surface area contributed by atoms with Crippen LogP contribution in [0, 0.1) is 6.92 Å². The quantitative estimate of drug-likeness (QED) is 0.845. The summed E-state index contributed by atoms with van der Waals surface area (Å²) in [4.78, 5) is 16.0. The van der Waals surface area contributed by atoms with Gasteiger partial charge in [-0.25, -0.2) is 9.78 Å². The number of hydrogen-bond donors (Lipinski definition) is 2. The Kier molecular flexibility index (Phi) is 4.65. The van der Waals surface area contributed by atoms with Gasteiger partial charge in [0.2, 0.25) is 0 Å². The predicted molar refractivity (Wildman–Crippen MR) is 84.1 cm³/mol. The lowest BCUT2D eigenvalue weighted by atomic mass is 10.2. The molecule has 6 heteroatoms. The van der Waals surface area contributed by atoms with Crippen molar-refractivity contribution in [3.63, 3.8) is 0 Å². The van der Waals surface area contributed by atoms with Crippen molar-refractivity contribution < 1.29 is 9.53 Å². The maximum Gasteiger partial charge on any atom is 0.340 e. The zero-order valence-corrected chi connectivity index (χ0v) is 12.6. The third kappa shape index (κ3) is 3.25. The number of ether oxygens (including phenoxy) is 1. The smallest absolute Gasteiger partial charge is 0.340 e. The molecule has 0 saturated heterocycles. The van der Waals surface area contributed by atoms with E-state index in [-0.39, 0.29) is 17.9 Å². The molecule has 2 aromatic rings. The molecule has 0 spiro atoms. The topological polar surface area (TPSA) is 77.2 Å². The Labute approximate surface area is 128 Å². The van der Waals surface area contributed by atoms with E-state index in [1.807, 2.05) is 19.1 Å². The molecule has 0 unspecified atom stereocenters. The van der Waals surface area contributed by atoms with Crippen molar-refractivity contribution in [2.24, 2.45) is 0 Å². The minimum Gasteiger partial charge on any atom is -0.462 e. The maximum absolute atomic E-state index is 11.8. The summed E-state index contributed by atoms with van der Waals surface area (Å²) >= 11 is 6.16. The molecule has 1 aromatic heterocycles. The molecule has 0 fully saturated rings. The Hall–Kier alpha value is -2.27. The summed E-state index contributed by atoms with van der Waals surface area (Å²) in [5.74, 6) is -0.104. The number of nitrogen functional groups attached to an aromatic ring is 1. The van der Waals surface area contributed by atoms with Crippen LogP contribution < -0.4 is 11.1 Å². The fourth-order valence-electron chi connectivity index (χ4n) is 1.87. The maximum atomic E-state index is 11.8. The number of nitrogens with one attached hydrogen (secondary N) is 1. The summed E-state index contributed by atoms with van der Waals surface area (Å²) < 4.78 is 4.96. The van der Waals surface area contributed by atoms with Crippen molar-refractivity contribution in [3.05, 3.63) is 46.6 Å². The SMILES string of the molecule is CCOC(=O)c1ccnc(Nc2c(C)cccc2Cl)c1N. The van der Waals surface area contributed by atoms with Crippen LogP contribution >= 0.6 is 11.6 Å². The lowest BCUT2D eigenvalue weighted by molar-refractivity contribution is 0.0527. The van der Waals surface area contributed by atoms with E-state index in [2.05, 4.69) is 10.3 Å². The number of pyridine rings is 1. The van der Waals surface area contributed by atoms with Crippen LogP contribution in [0.15, 0.2) is 30.5 Å². The number of benzene rings is 1. The van der Waals surface area contributed by atoms with Crippen molar-refractivity contribution >= 4 is 34.8 Å². The molecule has 0 aliphatic rings. The Balaban J connectivity index is 2.37. The number of hydrogen-bond acceptors (Lipinski definition) is 5. The van der Waals surface area contributed by atoms with Crippen molar-refractivity contribution in [2.75, 3.05) is 17.7 Å². The molecule has 110 valence electrons. The van der Waals surface area contributed by atoms with Gasteiger partial charge in [-0.2, -0.15) is 0 Å². The van der Waals surface area contributed by atoms with Crippen LogP contribution in [0.4, 0.5) is 17.2 Å². The van der Waals surface area contributed by atoms with Crippen LogP contribution in [0.25, 0.3) is 0 Å². The number of rotatable bonds is 4. The first-order valence-corrected chi connectivity index (χ1v) is 6.86. The van der Waals surface area contributed by atoms with Gasteiger partial charge in [0.25, 0.3) is 0 Å². The van der Waals surface area contributed by atoms with E-state index in [0.29, 0.717) is 16.5 Å². The average molecular weight is 306 g/mol. The van der Waals surface area contributed by atoms with Crippen LogP contribution in [0.3, 0.4) is 0 Å². The van der Waals surface area contributed by atoms with E-state index in [0.717, 1.165) is 5.56 Å². The van der Waals surface area contributed by atoms with Crippen molar-refractivity contribution in [2.45, 2.75) is 13.8 Å². The lowest BCUT2D eigenvalue weighted by Gasteiger charge is -2.14. The molecule has 0 amide bonds. The highest BCUT2D eigenvalue weighted by Gasteiger charge is 2.15. The highest BCUT2D eigenvalue weighted by molar-refractivity contribution is 6.33. The van der Waals surface area contributed by atoms with Crippen LogP contribution in [-0.4, -0.2) is 17.6 Å². The highest BCUT2D eigenvalue weighted by Crippen LogP contribution is 2.31. The van der Waals surface area contributed by atoms with Gasteiger partial charge < -0.3 is 15.8 Å². The fraction of sp³-hybridized carbons (Fsp3) is 0.200. The molecule has 0 atom stereocenters. The second-order valence-corrected chi connectivity index (χ2v) is 4.81. The first-order chi connectivity index (χ1) is 10.0. The second-order valence-electron chi connectivity index (χ2n) is 4.40. The minimum atomic E-state index is -0.476. The molecule has 0 saturated carbocycles. The minimum absolute atomic E-state index is 0.232. The molecule has 0 aliphatic carbocycles. The summed E-state index contributed by atoms with van der Waals surface area (Å²) in [6, 6.07) is 7.06.